The molecule has 0 radical (unpaired) electrons. The molecule has 180 valence electrons. The summed E-state index contributed by atoms with van der Waals surface area (Å²) >= 11 is 0. The number of rotatable bonds is 2. The maximum absolute atomic E-state index is 13.7. The van der Waals surface area contributed by atoms with Gasteiger partial charge in [0.05, 0.1) is 6.42 Å². The van der Waals surface area contributed by atoms with E-state index >= 15 is 0 Å². The summed E-state index contributed by atoms with van der Waals surface area (Å²) in [5.74, 6) is -1.51. The summed E-state index contributed by atoms with van der Waals surface area (Å²) in [7, 11) is 0. The Morgan fingerprint density at radius 2 is 1.85 bits per heavy atom. The Bertz CT molecular complexity index is 1080. The first-order valence-electron chi connectivity index (χ1n) is 12.3. The van der Waals surface area contributed by atoms with Gasteiger partial charge in [0.1, 0.15) is 6.10 Å². The zero-order chi connectivity index (χ0) is 24.3. The number of carbonyl (C=O) groups is 3. The first kappa shape index (κ1) is 23.0. The monoisotopic (exact) mass is 463 g/mol. The van der Waals surface area contributed by atoms with Crippen molar-refractivity contribution < 1.29 is 23.9 Å². The van der Waals surface area contributed by atoms with E-state index < -0.39 is 29.2 Å². The third kappa shape index (κ3) is 3.54. The van der Waals surface area contributed by atoms with Crippen molar-refractivity contribution in [3.8, 4) is 0 Å². The van der Waals surface area contributed by atoms with E-state index in [4.69, 9.17) is 9.47 Å². The van der Waals surface area contributed by atoms with Gasteiger partial charge in [0.2, 0.25) is 5.60 Å². The first-order chi connectivity index (χ1) is 16.2. The maximum Gasteiger partial charge on any atom is 0.309 e. The molecule has 1 aromatic rings. The summed E-state index contributed by atoms with van der Waals surface area (Å²) in [4.78, 5) is 39.8. The van der Waals surface area contributed by atoms with Gasteiger partial charge in [0, 0.05) is 23.8 Å². The van der Waals surface area contributed by atoms with Crippen LogP contribution in [0.2, 0.25) is 0 Å². The molecule has 34 heavy (non-hydrogen) atoms. The van der Waals surface area contributed by atoms with E-state index in [1.165, 1.54) is 5.57 Å². The lowest BCUT2D eigenvalue weighted by Gasteiger charge is -2.44. The van der Waals surface area contributed by atoms with Crippen molar-refractivity contribution in [1.29, 1.82) is 0 Å². The van der Waals surface area contributed by atoms with Gasteiger partial charge in [-0.3, -0.25) is 14.4 Å². The van der Waals surface area contributed by atoms with Crippen LogP contribution >= 0.6 is 0 Å². The number of nitrogens with one attached hydrogen (secondary N) is 1. The van der Waals surface area contributed by atoms with E-state index in [0.29, 0.717) is 12.8 Å². The second-order valence-electron chi connectivity index (χ2n) is 10.6. The van der Waals surface area contributed by atoms with Crippen molar-refractivity contribution in [2.75, 3.05) is 0 Å². The summed E-state index contributed by atoms with van der Waals surface area (Å²) in [6.45, 7) is 7.83. The van der Waals surface area contributed by atoms with Crippen LogP contribution in [-0.2, 0) is 30.3 Å². The maximum atomic E-state index is 13.7. The minimum atomic E-state index is -1.32. The minimum Gasteiger partial charge on any atom is -0.447 e. The molecule has 0 aromatic heterocycles. The summed E-state index contributed by atoms with van der Waals surface area (Å²) in [6, 6.07) is 9.92. The molecule has 6 nitrogen and oxygen atoms in total. The largest absolute Gasteiger partial charge is 0.447 e. The van der Waals surface area contributed by atoms with E-state index in [0.717, 1.165) is 5.56 Å². The lowest BCUT2D eigenvalue weighted by molar-refractivity contribution is -0.177. The zero-order valence-electron chi connectivity index (χ0n) is 20.2. The number of carbonyl (C=O) groups excluding carboxylic acids is 3. The highest BCUT2D eigenvalue weighted by Crippen LogP contribution is 2.51. The molecule has 3 heterocycles. The molecule has 1 unspecified atom stereocenters. The van der Waals surface area contributed by atoms with Gasteiger partial charge in [-0.25, -0.2) is 0 Å². The number of fused-ring (bicyclic) bond motifs is 1. The predicted molar refractivity (Wildman–Crippen MR) is 127 cm³/mol. The Kier molecular flexibility index (Phi) is 5.55. The van der Waals surface area contributed by atoms with Crippen molar-refractivity contribution in [1.82, 2.24) is 5.32 Å². The van der Waals surface area contributed by atoms with Crippen molar-refractivity contribution >= 4 is 17.7 Å². The number of ether oxygens (including phenoxy) is 2. The third-order valence-corrected chi connectivity index (χ3v) is 8.44. The number of esters is 1. The highest BCUT2D eigenvalue weighted by Gasteiger charge is 2.66. The van der Waals surface area contributed by atoms with Crippen LogP contribution in [0, 0.1) is 23.7 Å². The normalized spacial score (nSPS) is 42.6. The quantitative estimate of drug-likeness (QED) is 0.412. The molecule has 5 rings (SSSR count). The Hall–Kier alpha value is -2.73. The standard InChI is InChI=1S/C28H33NO5/c1-16-9-8-12-20-13-17(2)18(3)24-21(14-19-10-6-5-7-11-19)29-26(32)28(20,24)34-23(30)15-22-27(4,33-22)25(16)31/h5-8,10-13,16,18,20-22,24H,9,14-15H2,1-4H3,(H,29,32)/b12-8+/t16-,18+,20-,21?,22+,24-,27+,28+/m0/s1. The van der Waals surface area contributed by atoms with E-state index in [-0.39, 0.29) is 41.9 Å². The molecular weight excluding hydrogens is 430 g/mol. The molecule has 8 atom stereocenters. The Balaban J connectivity index is 1.56. The van der Waals surface area contributed by atoms with Gasteiger partial charge in [-0.2, -0.15) is 0 Å². The van der Waals surface area contributed by atoms with Crippen LogP contribution in [0.4, 0.5) is 0 Å². The predicted octanol–water partition coefficient (Wildman–Crippen LogP) is 3.55. The highest BCUT2D eigenvalue weighted by molar-refractivity contribution is 5.94. The summed E-state index contributed by atoms with van der Waals surface area (Å²) in [6.07, 6.45) is 6.65. The van der Waals surface area contributed by atoms with E-state index in [1.807, 2.05) is 37.3 Å². The van der Waals surface area contributed by atoms with E-state index in [1.54, 1.807) is 6.92 Å². The lowest BCUT2D eigenvalue weighted by atomic mass is 9.63. The Labute approximate surface area is 200 Å². The van der Waals surface area contributed by atoms with Crippen LogP contribution < -0.4 is 5.32 Å². The average molecular weight is 464 g/mol. The SMILES string of the molecule is CC1=C[C@@H]2/C=C/C[C@H](C)C(=O)[C@]3(C)O[C@@H]3CC(=O)O[C@]23C(=O)NC(Cc2ccccc2)[C@@H]3[C@@H]1C. The first-order valence-corrected chi connectivity index (χ1v) is 12.3. The van der Waals surface area contributed by atoms with Crippen molar-refractivity contribution in [3.63, 3.8) is 0 Å². The molecule has 0 bridgehead atoms. The Morgan fingerprint density at radius 1 is 1.12 bits per heavy atom. The van der Waals surface area contributed by atoms with Crippen LogP contribution in [0.3, 0.4) is 0 Å². The highest BCUT2D eigenvalue weighted by atomic mass is 16.6. The summed E-state index contributed by atoms with van der Waals surface area (Å²) < 4.78 is 11.9. The van der Waals surface area contributed by atoms with Crippen LogP contribution in [0.5, 0.6) is 0 Å². The fourth-order valence-electron chi connectivity index (χ4n) is 6.31. The molecular formula is C28H33NO5. The number of epoxide rings is 1. The molecule has 0 saturated carbocycles. The van der Waals surface area contributed by atoms with Gasteiger partial charge in [-0.05, 0) is 38.2 Å². The second-order valence-corrected chi connectivity index (χ2v) is 10.6. The van der Waals surface area contributed by atoms with Gasteiger partial charge < -0.3 is 14.8 Å². The topological polar surface area (TPSA) is 85.0 Å². The fourth-order valence-corrected chi connectivity index (χ4v) is 6.31. The molecule has 1 amide bonds. The lowest BCUT2D eigenvalue weighted by Crippen LogP contribution is -2.56. The molecule has 4 aliphatic rings. The van der Waals surface area contributed by atoms with Crippen LogP contribution in [0.25, 0.3) is 0 Å². The third-order valence-electron chi connectivity index (χ3n) is 8.44. The molecule has 2 fully saturated rings. The van der Waals surface area contributed by atoms with Crippen LogP contribution in [-0.4, -0.2) is 41.0 Å². The van der Waals surface area contributed by atoms with E-state index in [9.17, 15) is 14.4 Å². The summed E-state index contributed by atoms with van der Waals surface area (Å²) in [5, 5.41) is 3.19. The van der Waals surface area contributed by atoms with Crippen LogP contribution in [0.1, 0.15) is 46.1 Å². The number of amides is 1. The van der Waals surface area contributed by atoms with Crippen molar-refractivity contribution in [2.45, 2.75) is 70.3 Å². The molecule has 1 aromatic carbocycles. The second kappa shape index (κ2) is 8.19. The number of hydrogen-bond acceptors (Lipinski definition) is 5. The molecule has 1 N–H and O–H groups in total. The number of ketones is 1. The fraction of sp³-hybridized carbons (Fsp3) is 0.536. The smallest absolute Gasteiger partial charge is 0.309 e. The average Bonchev–Trinajstić information content (AvgIpc) is 3.36. The van der Waals surface area contributed by atoms with E-state index in [2.05, 4.69) is 37.4 Å². The molecule has 1 spiro atoms. The number of allylic oxidation sites excluding steroid dienone is 2. The molecule has 2 saturated heterocycles. The molecule has 3 aliphatic heterocycles. The van der Waals surface area contributed by atoms with Gasteiger partial charge in [-0.1, -0.05) is 68.0 Å². The van der Waals surface area contributed by atoms with Gasteiger partial charge in [0.15, 0.2) is 11.4 Å². The Morgan fingerprint density at radius 3 is 2.59 bits per heavy atom. The van der Waals surface area contributed by atoms with Crippen molar-refractivity contribution in [2.24, 2.45) is 23.7 Å². The van der Waals surface area contributed by atoms with Crippen molar-refractivity contribution in [3.05, 3.63) is 59.7 Å². The minimum absolute atomic E-state index is 0.00800. The number of benzene rings is 1. The number of hydrogen-bond donors (Lipinski definition) is 1. The zero-order valence-corrected chi connectivity index (χ0v) is 20.2. The van der Waals surface area contributed by atoms with Crippen LogP contribution in [0.15, 0.2) is 54.1 Å². The molecule has 6 heteroatoms. The van der Waals surface area contributed by atoms with Gasteiger partial charge in [0.25, 0.3) is 5.91 Å². The number of Topliss-reactive ketones (excluding diaryl/α,β-unsaturated/α-hetero) is 1. The van der Waals surface area contributed by atoms with Gasteiger partial charge >= 0.3 is 5.97 Å². The molecule has 1 aliphatic carbocycles. The van der Waals surface area contributed by atoms with Gasteiger partial charge in [-0.15, -0.1) is 0 Å². The summed E-state index contributed by atoms with van der Waals surface area (Å²) in [5.41, 5.74) is 0.0379.